The van der Waals surface area contributed by atoms with E-state index in [1.165, 1.54) is 6.07 Å². The van der Waals surface area contributed by atoms with Crippen LogP contribution in [-0.4, -0.2) is 38.6 Å². The van der Waals surface area contributed by atoms with Gasteiger partial charge in [0.2, 0.25) is 0 Å². The van der Waals surface area contributed by atoms with Gasteiger partial charge in [-0.2, -0.15) is 0 Å². The maximum absolute atomic E-state index is 13.5. The third-order valence-electron chi connectivity index (χ3n) is 2.77. The summed E-state index contributed by atoms with van der Waals surface area (Å²) in [4.78, 5) is 4.27. The van der Waals surface area contributed by atoms with Gasteiger partial charge in [-0.3, -0.25) is 0 Å². The molecular weight excluding hydrogens is 229 g/mol. The lowest BCUT2D eigenvalue weighted by atomic mass is 10.1. The number of hydrogen-bond donors (Lipinski definition) is 1. The molecule has 0 heterocycles. The normalized spacial score (nSPS) is 11.3. The van der Waals surface area contributed by atoms with Crippen LogP contribution < -0.4 is 10.6 Å². The second-order valence-corrected chi connectivity index (χ2v) is 5.32. The second kappa shape index (κ2) is 6.59. The summed E-state index contributed by atoms with van der Waals surface area (Å²) in [5.41, 5.74) is 6.88. The Morgan fingerprint density at radius 3 is 2.44 bits per heavy atom. The summed E-state index contributed by atoms with van der Waals surface area (Å²) in [5, 5.41) is 0. The van der Waals surface area contributed by atoms with Crippen molar-refractivity contribution in [2.75, 3.05) is 44.4 Å². The highest BCUT2D eigenvalue weighted by Crippen LogP contribution is 2.26. The number of nitrogens with zero attached hydrogens (tertiary/aromatic N) is 2. The van der Waals surface area contributed by atoms with E-state index in [9.17, 15) is 4.39 Å². The summed E-state index contributed by atoms with van der Waals surface area (Å²) in [6, 6.07) is 5.00. The van der Waals surface area contributed by atoms with Crippen LogP contribution in [0.2, 0.25) is 0 Å². The van der Waals surface area contributed by atoms with Crippen molar-refractivity contribution in [2.45, 2.75) is 13.8 Å². The molecule has 2 N–H and O–H groups in total. The van der Waals surface area contributed by atoms with Gasteiger partial charge in [-0.1, -0.05) is 19.9 Å². The fourth-order valence-electron chi connectivity index (χ4n) is 1.87. The number of anilines is 2. The highest BCUT2D eigenvalue weighted by Gasteiger charge is 2.13. The molecule has 0 aromatic heterocycles. The van der Waals surface area contributed by atoms with Crippen LogP contribution in [0.4, 0.5) is 15.8 Å². The Hall–Kier alpha value is -1.29. The Balaban J connectivity index is 2.90. The third-order valence-corrected chi connectivity index (χ3v) is 2.77. The number of likely N-dealkylation sites (N-methyl/N-ethyl adjacent to an activating group) is 1. The van der Waals surface area contributed by atoms with E-state index in [-0.39, 0.29) is 11.5 Å². The number of halogens is 1. The lowest BCUT2D eigenvalue weighted by Crippen LogP contribution is -2.35. The van der Waals surface area contributed by atoms with Gasteiger partial charge in [0.1, 0.15) is 5.82 Å². The molecule has 0 radical (unpaired) electrons. The molecule has 18 heavy (non-hydrogen) atoms. The summed E-state index contributed by atoms with van der Waals surface area (Å²) >= 11 is 0. The average Bonchev–Trinajstić information content (AvgIpc) is 2.27. The van der Waals surface area contributed by atoms with E-state index in [0.29, 0.717) is 5.92 Å². The molecule has 1 aromatic carbocycles. The van der Waals surface area contributed by atoms with E-state index in [1.54, 1.807) is 6.07 Å². The summed E-state index contributed by atoms with van der Waals surface area (Å²) in [6.45, 7) is 6.94. The first-order valence-electron chi connectivity index (χ1n) is 6.35. The largest absolute Gasteiger partial charge is 0.395 e. The molecule has 3 nitrogen and oxygen atoms in total. The number of nitrogen functional groups attached to an aromatic ring is 1. The monoisotopic (exact) mass is 253 g/mol. The minimum absolute atomic E-state index is 0.247. The molecule has 1 aromatic rings. The Labute approximate surface area is 109 Å². The molecule has 1 rings (SSSR count). The molecule has 0 saturated carbocycles. The topological polar surface area (TPSA) is 32.5 Å². The van der Waals surface area contributed by atoms with Crippen molar-refractivity contribution in [3.05, 3.63) is 24.0 Å². The smallest absolute Gasteiger partial charge is 0.148 e. The maximum atomic E-state index is 13.5. The first kappa shape index (κ1) is 14.8. The summed E-state index contributed by atoms with van der Waals surface area (Å²) < 4.78 is 13.5. The molecule has 4 heteroatoms. The van der Waals surface area contributed by atoms with E-state index in [2.05, 4.69) is 23.6 Å². The predicted molar refractivity (Wildman–Crippen MR) is 76.4 cm³/mol. The van der Waals surface area contributed by atoms with Gasteiger partial charge in [-0.25, -0.2) is 4.39 Å². The minimum atomic E-state index is -0.342. The third kappa shape index (κ3) is 4.18. The van der Waals surface area contributed by atoms with Gasteiger partial charge in [0, 0.05) is 19.6 Å². The van der Waals surface area contributed by atoms with Crippen LogP contribution in [0.5, 0.6) is 0 Å². The number of nitrogens with two attached hydrogens (primary N) is 1. The first-order valence-corrected chi connectivity index (χ1v) is 6.35. The predicted octanol–water partition coefficient (Wildman–Crippen LogP) is 2.43. The number of hydrogen-bond acceptors (Lipinski definition) is 3. The molecule has 102 valence electrons. The molecule has 0 bridgehead atoms. The molecule has 0 fully saturated rings. The van der Waals surface area contributed by atoms with E-state index >= 15 is 0 Å². The lowest BCUT2D eigenvalue weighted by molar-refractivity contribution is 0.409. The van der Waals surface area contributed by atoms with Gasteiger partial charge in [0.05, 0.1) is 11.4 Å². The van der Waals surface area contributed by atoms with Crippen LogP contribution in [-0.2, 0) is 0 Å². The standard InChI is InChI=1S/C14H24FN3/c1-11(2)10-18(9-8-17(3)4)13-7-5-6-12(15)14(13)16/h5-7,11H,8-10,16H2,1-4H3. The Kier molecular flexibility index (Phi) is 5.41. The molecule has 0 saturated heterocycles. The van der Waals surface area contributed by atoms with Crippen LogP contribution in [0.15, 0.2) is 18.2 Å². The molecule has 0 aliphatic rings. The fraction of sp³-hybridized carbons (Fsp3) is 0.571. The fourth-order valence-corrected chi connectivity index (χ4v) is 1.87. The SMILES string of the molecule is CC(C)CN(CCN(C)C)c1cccc(F)c1N. The van der Waals surface area contributed by atoms with Crippen molar-refractivity contribution in [2.24, 2.45) is 5.92 Å². The van der Waals surface area contributed by atoms with Crippen molar-refractivity contribution >= 4 is 11.4 Å². The molecule has 0 amide bonds. The highest BCUT2D eigenvalue weighted by atomic mass is 19.1. The van der Waals surface area contributed by atoms with Gasteiger partial charge in [-0.15, -0.1) is 0 Å². The van der Waals surface area contributed by atoms with Crippen LogP contribution in [0.3, 0.4) is 0 Å². The summed E-state index contributed by atoms with van der Waals surface area (Å²) in [6.07, 6.45) is 0. The molecule has 0 unspecified atom stereocenters. The maximum Gasteiger partial charge on any atom is 0.148 e. The van der Waals surface area contributed by atoms with Gasteiger partial charge in [0.15, 0.2) is 0 Å². The van der Waals surface area contributed by atoms with Crippen molar-refractivity contribution in [1.82, 2.24) is 4.90 Å². The Morgan fingerprint density at radius 1 is 1.22 bits per heavy atom. The van der Waals surface area contributed by atoms with Gasteiger partial charge < -0.3 is 15.5 Å². The molecule has 0 aliphatic carbocycles. The van der Waals surface area contributed by atoms with E-state index in [1.807, 2.05) is 20.2 Å². The second-order valence-electron chi connectivity index (χ2n) is 5.32. The van der Waals surface area contributed by atoms with Crippen molar-refractivity contribution < 1.29 is 4.39 Å². The zero-order valence-electron chi connectivity index (χ0n) is 11.8. The number of rotatable bonds is 6. The highest BCUT2D eigenvalue weighted by molar-refractivity contribution is 5.68. The minimum Gasteiger partial charge on any atom is -0.395 e. The van der Waals surface area contributed by atoms with Crippen molar-refractivity contribution in [1.29, 1.82) is 0 Å². The van der Waals surface area contributed by atoms with E-state index < -0.39 is 0 Å². The zero-order valence-corrected chi connectivity index (χ0v) is 11.8. The van der Waals surface area contributed by atoms with Gasteiger partial charge in [-0.05, 0) is 32.1 Å². The van der Waals surface area contributed by atoms with Crippen LogP contribution in [0.1, 0.15) is 13.8 Å². The lowest BCUT2D eigenvalue weighted by Gasteiger charge is -2.29. The molecule has 0 atom stereocenters. The first-order chi connectivity index (χ1) is 8.41. The van der Waals surface area contributed by atoms with Gasteiger partial charge in [0.25, 0.3) is 0 Å². The number of para-hydroxylation sites is 1. The van der Waals surface area contributed by atoms with Crippen LogP contribution >= 0.6 is 0 Å². The summed E-state index contributed by atoms with van der Waals surface area (Å²) in [7, 11) is 4.06. The number of benzene rings is 1. The van der Waals surface area contributed by atoms with Crippen LogP contribution in [0.25, 0.3) is 0 Å². The zero-order chi connectivity index (χ0) is 13.7. The van der Waals surface area contributed by atoms with Crippen molar-refractivity contribution in [3.63, 3.8) is 0 Å². The summed E-state index contributed by atoms with van der Waals surface area (Å²) in [5.74, 6) is 0.168. The Bertz CT molecular complexity index is 377. The molecule has 0 aliphatic heterocycles. The van der Waals surface area contributed by atoms with E-state index in [4.69, 9.17) is 5.73 Å². The van der Waals surface area contributed by atoms with Gasteiger partial charge >= 0.3 is 0 Å². The van der Waals surface area contributed by atoms with E-state index in [0.717, 1.165) is 25.3 Å². The Morgan fingerprint density at radius 2 is 1.89 bits per heavy atom. The molecule has 0 spiro atoms. The molecular formula is C14H24FN3. The van der Waals surface area contributed by atoms with Crippen LogP contribution in [0, 0.1) is 11.7 Å². The average molecular weight is 253 g/mol. The van der Waals surface area contributed by atoms with Crippen molar-refractivity contribution in [3.8, 4) is 0 Å². The quantitative estimate of drug-likeness (QED) is 0.790.